The van der Waals surface area contributed by atoms with E-state index in [1.807, 2.05) is 49.4 Å². The number of anilines is 2. The monoisotopic (exact) mass is 523 g/mol. The number of pyridine rings is 1. The van der Waals surface area contributed by atoms with Gasteiger partial charge in [-0.1, -0.05) is 12.1 Å². The van der Waals surface area contributed by atoms with E-state index in [-0.39, 0.29) is 11.8 Å². The van der Waals surface area contributed by atoms with Crippen molar-refractivity contribution >= 4 is 34.1 Å². The normalized spacial score (nSPS) is 17.1. The Morgan fingerprint density at radius 1 is 0.923 bits per heavy atom. The molecule has 3 N–H and O–H groups in total. The second kappa shape index (κ2) is 11.1. The fourth-order valence-corrected chi connectivity index (χ4v) is 5.16. The van der Waals surface area contributed by atoms with Gasteiger partial charge in [0.25, 0.3) is 11.8 Å². The lowest BCUT2D eigenvalue weighted by Gasteiger charge is -2.37. The van der Waals surface area contributed by atoms with E-state index in [4.69, 9.17) is 4.74 Å². The van der Waals surface area contributed by atoms with Gasteiger partial charge in [-0.3, -0.25) is 9.59 Å². The first kappa shape index (κ1) is 26.2. The van der Waals surface area contributed by atoms with Crippen LogP contribution in [0.4, 0.5) is 11.5 Å². The summed E-state index contributed by atoms with van der Waals surface area (Å²) in [5, 5.41) is 10.8. The number of ether oxygens (including phenoxy) is 1. The van der Waals surface area contributed by atoms with E-state index in [0.717, 1.165) is 35.1 Å². The molecule has 0 saturated carbocycles. The van der Waals surface area contributed by atoms with Crippen LogP contribution < -0.4 is 25.6 Å². The molecule has 5 rings (SSSR count). The summed E-state index contributed by atoms with van der Waals surface area (Å²) in [5.74, 6) is 1.19. The zero-order valence-corrected chi connectivity index (χ0v) is 22.6. The number of carbonyl (C=O) groups excluding carboxylic acids is 2. The molecule has 2 amide bonds. The quantitative estimate of drug-likeness (QED) is 0.324. The van der Waals surface area contributed by atoms with Gasteiger partial charge >= 0.3 is 0 Å². The number of aromatic nitrogens is 1. The largest absolute Gasteiger partial charge is 0.457 e. The molecule has 2 atom stereocenters. The van der Waals surface area contributed by atoms with Gasteiger partial charge in [-0.25, -0.2) is 4.98 Å². The highest BCUT2D eigenvalue weighted by Crippen LogP contribution is 2.29. The number of fused-ring (bicyclic) bond motifs is 1. The van der Waals surface area contributed by atoms with Gasteiger partial charge in [-0.15, -0.1) is 0 Å². The minimum Gasteiger partial charge on any atom is -0.457 e. The number of carbonyl (C=O) groups is 2. The predicted molar refractivity (Wildman–Crippen MR) is 155 cm³/mol. The first-order valence-electron chi connectivity index (χ1n) is 13.1. The van der Waals surface area contributed by atoms with Gasteiger partial charge in [0.1, 0.15) is 17.3 Å². The molecule has 200 valence electrons. The average Bonchev–Trinajstić information content (AvgIpc) is 2.91. The minimum absolute atomic E-state index is 0.137. The van der Waals surface area contributed by atoms with Crippen LogP contribution in [0, 0.1) is 6.92 Å². The molecular weight excluding hydrogens is 490 g/mol. The molecule has 1 fully saturated rings. The maximum atomic E-state index is 13.1. The molecule has 8 heteroatoms. The van der Waals surface area contributed by atoms with Crippen molar-refractivity contribution in [2.75, 3.05) is 30.4 Å². The van der Waals surface area contributed by atoms with E-state index in [1.165, 1.54) is 0 Å². The highest BCUT2D eigenvalue weighted by atomic mass is 16.5. The standard InChI is InChI=1S/C31H33N5O3/c1-19-14-23(36-17-20(2)34-21(3)18-36)8-10-26(19)31(38)35-29-16-25(12-13-33-29)39-24-9-11-27-22(15-24)6-5-7-28(27)30(37)32-4/h5-16,20-21,34H,17-18H2,1-4H3,(H,32,37)(H,33,35,38). The lowest BCUT2D eigenvalue weighted by Crippen LogP contribution is -2.54. The summed E-state index contributed by atoms with van der Waals surface area (Å²) in [6.45, 7) is 8.18. The van der Waals surface area contributed by atoms with E-state index in [2.05, 4.69) is 45.7 Å². The molecule has 1 saturated heterocycles. The number of nitrogens with one attached hydrogen (secondary N) is 3. The Hall–Kier alpha value is -4.43. The highest BCUT2D eigenvalue weighted by Gasteiger charge is 2.22. The molecule has 2 unspecified atom stereocenters. The topological polar surface area (TPSA) is 95.6 Å². The van der Waals surface area contributed by atoms with Gasteiger partial charge in [0.05, 0.1) is 0 Å². The fraction of sp³-hybridized carbons (Fsp3) is 0.258. The Labute approximate surface area is 228 Å². The lowest BCUT2D eigenvalue weighted by atomic mass is 10.0. The molecule has 8 nitrogen and oxygen atoms in total. The maximum Gasteiger partial charge on any atom is 0.257 e. The maximum absolute atomic E-state index is 13.1. The van der Waals surface area contributed by atoms with E-state index < -0.39 is 0 Å². The van der Waals surface area contributed by atoms with Crippen LogP contribution in [0.1, 0.15) is 40.1 Å². The van der Waals surface area contributed by atoms with Gasteiger partial charge in [0.15, 0.2) is 0 Å². The van der Waals surface area contributed by atoms with Crippen molar-refractivity contribution in [2.24, 2.45) is 0 Å². The van der Waals surface area contributed by atoms with Crippen LogP contribution >= 0.6 is 0 Å². The third kappa shape index (κ3) is 5.86. The number of benzene rings is 3. The van der Waals surface area contributed by atoms with Gasteiger partial charge in [-0.2, -0.15) is 0 Å². The molecule has 1 aliphatic rings. The average molecular weight is 524 g/mol. The van der Waals surface area contributed by atoms with Crippen LogP contribution in [0.3, 0.4) is 0 Å². The van der Waals surface area contributed by atoms with Crippen LogP contribution in [-0.2, 0) is 0 Å². The highest BCUT2D eigenvalue weighted by molar-refractivity contribution is 6.07. The molecule has 1 aromatic heterocycles. The Morgan fingerprint density at radius 2 is 1.69 bits per heavy atom. The number of aryl methyl sites for hydroxylation is 1. The Bertz CT molecular complexity index is 1530. The van der Waals surface area contributed by atoms with E-state index in [0.29, 0.717) is 40.5 Å². The third-order valence-electron chi connectivity index (χ3n) is 6.91. The molecule has 1 aliphatic heterocycles. The van der Waals surface area contributed by atoms with Crippen molar-refractivity contribution in [3.63, 3.8) is 0 Å². The number of rotatable bonds is 6. The molecule has 0 bridgehead atoms. The SMILES string of the molecule is CNC(=O)c1cccc2cc(Oc3ccnc(NC(=O)c4ccc(N5CC(C)NC(C)C5)cc4C)c3)ccc12. The first-order chi connectivity index (χ1) is 18.8. The van der Waals surface area contributed by atoms with E-state index in [9.17, 15) is 9.59 Å². The zero-order valence-electron chi connectivity index (χ0n) is 22.6. The summed E-state index contributed by atoms with van der Waals surface area (Å²) in [5.41, 5.74) is 3.24. The Balaban J connectivity index is 1.29. The first-order valence-corrected chi connectivity index (χ1v) is 13.1. The summed E-state index contributed by atoms with van der Waals surface area (Å²) in [4.78, 5) is 31.9. The molecule has 0 aliphatic carbocycles. The summed E-state index contributed by atoms with van der Waals surface area (Å²) in [6.07, 6.45) is 1.60. The summed E-state index contributed by atoms with van der Waals surface area (Å²) in [6, 6.07) is 21.3. The summed E-state index contributed by atoms with van der Waals surface area (Å²) < 4.78 is 6.06. The van der Waals surface area contributed by atoms with Crippen molar-refractivity contribution < 1.29 is 14.3 Å². The predicted octanol–water partition coefficient (Wildman–Crippen LogP) is 5.13. The number of nitrogens with zero attached hydrogens (tertiary/aromatic N) is 2. The molecule has 3 aromatic carbocycles. The molecular formula is C31H33N5O3. The van der Waals surface area contributed by atoms with Crippen molar-refractivity contribution in [2.45, 2.75) is 32.9 Å². The summed E-state index contributed by atoms with van der Waals surface area (Å²) in [7, 11) is 1.61. The van der Waals surface area contributed by atoms with Gasteiger partial charge < -0.3 is 25.6 Å². The summed E-state index contributed by atoms with van der Waals surface area (Å²) >= 11 is 0. The number of piperazine rings is 1. The van der Waals surface area contributed by atoms with Gasteiger partial charge in [0, 0.05) is 61.3 Å². The number of amides is 2. The molecule has 0 spiro atoms. The second-order valence-corrected chi connectivity index (χ2v) is 10.1. The Morgan fingerprint density at radius 3 is 2.44 bits per heavy atom. The van der Waals surface area contributed by atoms with E-state index >= 15 is 0 Å². The van der Waals surface area contributed by atoms with Gasteiger partial charge in [0.2, 0.25) is 0 Å². The minimum atomic E-state index is -0.224. The Kier molecular flexibility index (Phi) is 7.47. The second-order valence-electron chi connectivity index (χ2n) is 10.1. The zero-order chi connectivity index (χ0) is 27.5. The molecule has 0 radical (unpaired) electrons. The lowest BCUT2D eigenvalue weighted by molar-refractivity contribution is 0.0963. The molecule has 39 heavy (non-hydrogen) atoms. The van der Waals surface area contributed by atoms with E-state index in [1.54, 1.807) is 31.4 Å². The van der Waals surface area contributed by atoms with Crippen LogP contribution in [0.15, 0.2) is 72.9 Å². The number of hydrogen-bond acceptors (Lipinski definition) is 6. The van der Waals surface area contributed by atoms with Crippen LogP contribution in [0.2, 0.25) is 0 Å². The van der Waals surface area contributed by atoms with Crippen molar-refractivity contribution in [3.05, 3.63) is 89.6 Å². The fourth-order valence-electron chi connectivity index (χ4n) is 5.16. The van der Waals surface area contributed by atoms with Crippen molar-refractivity contribution in [1.82, 2.24) is 15.6 Å². The van der Waals surface area contributed by atoms with Crippen molar-refractivity contribution in [3.8, 4) is 11.5 Å². The molecule has 2 heterocycles. The van der Waals surface area contributed by atoms with Crippen LogP contribution in [0.5, 0.6) is 11.5 Å². The smallest absolute Gasteiger partial charge is 0.257 e. The number of hydrogen-bond donors (Lipinski definition) is 3. The van der Waals surface area contributed by atoms with Crippen LogP contribution in [-0.4, -0.2) is 49.0 Å². The molecule has 4 aromatic rings. The third-order valence-corrected chi connectivity index (χ3v) is 6.91. The van der Waals surface area contributed by atoms with Crippen molar-refractivity contribution in [1.29, 1.82) is 0 Å². The van der Waals surface area contributed by atoms with Crippen LogP contribution in [0.25, 0.3) is 10.8 Å². The van der Waals surface area contributed by atoms with Gasteiger partial charge in [-0.05, 0) is 85.6 Å².